The number of alkyl halides is 6. The van der Waals surface area contributed by atoms with Gasteiger partial charge in [0.1, 0.15) is 0 Å². The van der Waals surface area contributed by atoms with Crippen molar-refractivity contribution >= 4 is 45.6 Å². The van der Waals surface area contributed by atoms with Crippen molar-refractivity contribution in [2.75, 3.05) is 6.54 Å². The third-order valence-electron chi connectivity index (χ3n) is 9.31. The second-order valence-corrected chi connectivity index (χ2v) is 12.6. The predicted octanol–water partition coefficient (Wildman–Crippen LogP) is 8.02. The number of likely N-dealkylation sites (tertiary alicyclic amines) is 1. The molecule has 2 aliphatic rings. The zero-order chi connectivity index (χ0) is 36.6. The second-order valence-electron chi connectivity index (χ2n) is 12.6. The quantitative estimate of drug-likeness (QED) is 0.0203. The van der Waals surface area contributed by atoms with Crippen LogP contribution in [0.5, 0.6) is 5.75 Å². The SMILES string of the molecule is O=C(Oc1c(C(F)(F)F)cccc1C(F)(F)F)c1c2ccccc2[n+](C2(CCCCCCCCCN3C(=O)CCC3=O)OC2=O)c2ccccc12. The fourth-order valence-electron chi connectivity index (χ4n) is 6.80. The molecule has 3 aromatic carbocycles. The Morgan fingerprint density at radius 3 is 1.67 bits per heavy atom. The average molecular weight is 716 g/mol. The number of para-hydroxylation sites is 3. The number of unbranched alkanes of at least 4 members (excludes halogenated alkanes) is 6. The largest absolute Gasteiger partial charge is 0.428 e. The summed E-state index contributed by atoms with van der Waals surface area (Å²) in [6.07, 6.45) is -4.03. The molecule has 0 spiro atoms. The van der Waals surface area contributed by atoms with E-state index in [1.54, 1.807) is 41.0 Å². The molecule has 8 nitrogen and oxygen atoms in total. The van der Waals surface area contributed by atoms with E-state index in [1.807, 2.05) is 0 Å². The van der Waals surface area contributed by atoms with E-state index in [-0.39, 0.29) is 47.4 Å². The van der Waals surface area contributed by atoms with Crippen molar-refractivity contribution in [3.8, 4) is 5.75 Å². The van der Waals surface area contributed by atoms with E-state index in [2.05, 4.69) is 0 Å². The molecular formula is C37H33F6N2O6+. The highest BCUT2D eigenvalue weighted by atomic mass is 19.4. The number of epoxide rings is 1. The summed E-state index contributed by atoms with van der Waals surface area (Å²) in [5.41, 5.74) is -4.62. The lowest BCUT2D eigenvalue weighted by Crippen LogP contribution is -2.50. The van der Waals surface area contributed by atoms with Crippen molar-refractivity contribution in [3.05, 3.63) is 83.4 Å². The highest BCUT2D eigenvalue weighted by molar-refractivity contribution is 6.13. The van der Waals surface area contributed by atoms with Gasteiger partial charge in [0, 0.05) is 31.5 Å². The molecule has 4 aromatic rings. The van der Waals surface area contributed by atoms with E-state index in [0.717, 1.165) is 38.5 Å². The zero-order valence-electron chi connectivity index (χ0n) is 27.2. The van der Waals surface area contributed by atoms with Crippen molar-refractivity contribution in [3.63, 3.8) is 0 Å². The van der Waals surface area contributed by atoms with Crippen LogP contribution in [-0.2, 0) is 37.2 Å². The van der Waals surface area contributed by atoms with Crippen LogP contribution in [0.1, 0.15) is 85.7 Å². The van der Waals surface area contributed by atoms with Crippen molar-refractivity contribution in [2.45, 2.75) is 82.3 Å². The van der Waals surface area contributed by atoms with Gasteiger partial charge in [0.25, 0.3) is 0 Å². The molecule has 2 fully saturated rings. The lowest BCUT2D eigenvalue weighted by Gasteiger charge is -2.19. The lowest BCUT2D eigenvalue weighted by atomic mass is 9.99. The number of imide groups is 1. The first-order valence-corrected chi connectivity index (χ1v) is 16.7. The fourth-order valence-corrected chi connectivity index (χ4v) is 6.80. The number of fused-ring (bicyclic) bond motifs is 2. The minimum atomic E-state index is -5.26. The van der Waals surface area contributed by atoms with Gasteiger partial charge in [-0.1, -0.05) is 62.4 Å². The van der Waals surface area contributed by atoms with Gasteiger partial charge in [0.05, 0.1) is 33.9 Å². The van der Waals surface area contributed by atoms with Gasteiger partial charge in [-0.15, -0.1) is 4.57 Å². The number of carbonyl (C=O) groups is 4. The van der Waals surface area contributed by atoms with Crippen LogP contribution in [0.3, 0.4) is 0 Å². The first-order valence-electron chi connectivity index (χ1n) is 16.7. The van der Waals surface area contributed by atoms with Crippen molar-refractivity contribution in [1.29, 1.82) is 0 Å². The minimum absolute atomic E-state index is 0.120. The van der Waals surface area contributed by atoms with Gasteiger partial charge in [-0.2, -0.15) is 26.3 Å². The standard InChI is InChI=1S/C37H33F6N2O6/c38-36(39,40)25-15-12-16-26(37(41,42)43)32(25)50-33(48)31-23-13-6-8-17-27(23)45(28-18-9-7-14-24(28)31)35(34(49)51-35)21-10-4-2-1-3-5-11-22-44-29(46)19-20-30(44)47/h6-9,12-18H,1-5,10-11,19-22H2/q+1. The number of cyclic esters (lactones) is 1. The van der Waals surface area contributed by atoms with E-state index < -0.39 is 46.9 Å². The molecular weight excluding hydrogens is 682 g/mol. The smallest absolute Gasteiger partial charge is 0.422 e. The number of pyridine rings is 1. The van der Waals surface area contributed by atoms with Crippen molar-refractivity contribution < 1.29 is 59.6 Å². The molecule has 0 bridgehead atoms. The van der Waals surface area contributed by atoms with Gasteiger partial charge >= 0.3 is 30.0 Å². The number of amides is 2. The van der Waals surface area contributed by atoms with Crippen LogP contribution in [0.2, 0.25) is 0 Å². The maximum absolute atomic E-state index is 13.9. The molecule has 3 heterocycles. The molecule has 0 N–H and O–H groups in total. The summed E-state index contributed by atoms with van der Waals surface area (Å²) in [5, 5.41) is 0.276. The number of rotatable bonds is 13. The van der Waals surface area contributed by atoms with E-state index in [0.29, 0.717) is 42.2 Å². The van der Waals surface area contributed by atoms with Gasteiger partial charge in [0.2, 0.25) is 22.8 Å². The summed E-state index contributed by atoms with van der Waals surface area (Å²) in [5.74, 6) is -3.85. The van der Waals surface area contributed by atoms with E-state index >= 15 is 0 Å². The number of ether oxygens (including phenoxy) is 2. The normalized spacial score (nSPS) is 17.8. The molecule has 1 atom stereocenters. The van der Waals surface area contributed by atoms with Crippen molar-refractivity contribution in [1.82, 2.24) is 4.90 Å². The number of benzene rings is 3. The Hall–Kier alpha value is -5.01. The van der Waals surface area contributed by atoms with Gasteiger partial charge in [-0.3, -0.25) is 14.5 Å². The maximum atomic E-state index is 13.9. The second kappa shape index (κ2) is 14.0. The molecule has 1 aromatic heterocycles. The highest BCUT2D eigenvalue weighted by Gasteiger charge is 2.69. The van der Waals surface area contributed by atoms with Crippen LogP contribution >= 0.6 is 0 Å². The minimum Gasteiger partial charge on any atom is -0.422 e. The number of halogens is 6. The zero-order valence-corrected chi connectivity index (χ0v) is 27.2. The average Bonchev–Trinajstić information content (AvgIpc) is 3.62. The van der Waals surface area contributed by atoms with Crippen LogP contribution in [0.25, 0.3) is 21.8 Å². The molecule has 2 amide bonds. The number of nitrogens with zero attached hydrogens (tertiary/aromatic N) is 2. The molecule has 268 valence electrons. The number of hydrogen-bond acceptors (Lipinski definition) is 6. The van der Waals surface area contributed by atoms with Gasteiger partial charge in [-0.25, -0.2) is 9.59 Å². The topological polar surface area (TPSA) is 97.2 Å². The summed E-state index contributed by atoms with van der Waals surface area (Å²) in [7, 11) is 0. The molecule has 0 aliphatic carbocycles. The number of hydrogen-bond donors (Lipinski definition) is 0. The third kappa shape index (κ3) is 7.13. The Balaban J connectivity index is 1.23. The number of carbonyl (C=O) groups excluding carboxylic acids is 4. The molecule has 14 heteroatoms. The highest BCUT2D eigenvalue weighted by Crippen LogP contribution is 2.45. The summed E-state index contributed by atoms with van der Waals surface area (Å²) < 4.78 is 95.5. The molecule has 51 heavy (non-hydrogen) atoms. The van der Waals surface area contributed by atoms with Crippen LogP contribution in [0.4, 0.5) is 26.3 Å². The van der Waals surface area contributed by atoms with Crippen LogP contribution < -0.4 is 9.30 Å². The first-order chi connectivity index (χ1) is 24.2. The Morgan fingerprint density at radius 2 is 1.18 bits per heavy atom. The Morgan fingerprint density at radius 1 is 0.706 bits per heavy atom. The monoisotopic (exact) mass is 715 g/mol. The van der Waals surface area contributed by atoms with Crippen LogP contribution in [-0.4, -0.2) is 35.2 Å². The summed E-state index contributed by atoms with van der Waals surface area (Å²) in [6, 6.07) is 13.9. The number of esters is 1. The predicted molar refractivity (Wildman–Crippen MR) is 170 cm³/mol. The Bertz CT molecular complexity index is 1920. The van der Waals surface area contributed by atoms with Gasteiger partial charge in [-0.05, 0) is 37.1 Å². The van der Waals surface area contributed by atoms with Gasteiger partial charge < -0.3 is 9.47 Å². The summed E-state index contributed by atoms with van der Waals surface area (Å²) >= 11 is 0. The van der Waals surface area contributed by atoms with Crippen LogP contribution in [0, 0.1) is 0 Å². The Labute approximate surface area is 287 Å². The van der Waals surface area contributed by atoms with Gasteiger partial charge in [0.15, 0.2) is 5.75 Å². The van der Waals surface area contributed by atoms with Crippen molar-refractivity contribution in [2.24, 2.45) is 0 Å². The van der Waals surface area contributed by atoms with E-state index in [4.69, 9.17) is 9.47 Å². The lowest BCUT2D eigenvalue weighted by molar-refractivity contribution is -0.709. The summed E-state index contributed by atoms with van der Waals surface area (Å²) in [6.45, 7) is 0.435. The fraction of sp³-hybridized carbons (Fsp3) is 0.378. The molecule has 6 rings (SSSR count). The molecule has 0 radical (unpaired) electrons. The van der Waals surface area contributed by atoms with E-state index in [1.165, 1.54) is 17.0 Å². The van der Waals surface area contributed by atoms with E-state index in [9.17, 15) is 45.5 Å². The maximum Gasteiger partial charge on any atom is 0.428 e. The molecule has 1 unspecified atom stereocenters. The molecule has 0 saturated carbocycles. The number of aromatic nitrogens is 1. The molecule has 2 saturated heterocycles. The van der Waals surface area contributed by atoms with Crippen LogP contribution in [0.15, 0.2) is 66.7 Å². The Kier molecular flexibility index (Phi) is 9.80. The summed E-state index contributed by atoms with van der Waals surface area (Å²) in [4.78, 5) is 51.6. The third-order valence-corrected chi connectivity index (χ3v) is 9.31. The first kappa shape index (κ1) is 35.8. The molecule has 2 aliphatic heterocycles.